The predicted molar refractivity (Wildman–Crippen MR) is 155 cm³/mol. The van der Waals surface area contributed by atoms with Gasteiger partial charge in [-0.25, -0.2) is 4.79 Å². The fourth-order valence-corrected chi connectivity index (χ4v) is 6.09. The van der Waals surface area contributed by atoms with Gasteiger partial charge in [-0.3, -0.25) is 0 Å². The maximum absolute atomic E-state index is 11.3. The number of benzene rings is 3. The molecule has 1 aliphatic carbocycles. The van der Waals surface area contributed by atoms with E-state index in [1.54, 1.807) is 0 Å². The smallest absolute Gasteiger partial charge is 0.318 e. The fourth-order valence-electron chi connectivity index (χ4n) is 6.09. The van der Waals surface area contributed by atoms with Gasteiger partial charge in [-0.05, 0) is 72.4 Å². The van der Waals surface area contributed by atoms with Crippen LogP contribution in [0.25, 0.3) is 38.6 Å². The number of hydrogen-bond donors (Lipinski definition) is 0. The van der Waals surface area contributed by atoms with Gasteiger partial charge in [0.05, 0.1) is 16.7 Å². The molecule has 4 aromatic rings. The van der Waals surface area contributed by atoms with Crippen molar-refractivity contribution in [2.45, 2.75) is 72.1 Å². The maximum Gasteiger partial charge on any atom is 0.331 e. The van der Waals surface area contributed by atoms with Gasteiger partial charge in [0.25, 0.3) is 0 Å². The van der Waals surface area contributed by atoms with E-state index in [1.807, 2.05) is 13.0 Å². The van der Waals surface area contributed by atoms with Crippen molar-refractivity contribution >= 4 is 39.2 Å². The Hall–Kier alpha value is -3.66. The number of oxime groups is 1. The van der Waals surface area contributed by atoms with E-state index in [4.69, 9.17) is 4.84 Å². The van der Waals surface area contributed by atoms with Crippen LogP contribution in [0.2, 0.25) is 0 Å². The Labute approximate surface area is 219 Å². The van der Waals surface area contributed by atoms with Crippen LogP contribution in [0.1, 0.15) is 83.4 Å². The molecule has 0 amide bonds. The lowest BCUT2D eigenvalue weighted by atomic mass is 9.76. The van der Waals surface area contributed by atoms with Gasteiger partial charge >= 0.3 is 5.97 Å². The summed E-state index contributed by atoms with van der Waals surface area (Å²) in [5.74, 6) is -0.425. The molecule has 4 heteroatoms. The number of carbonyl (C=O) groups excluding carboxylic acids is 1. The molecule has 1 unspecified atom stereocenters. The molecule has 0 bridgehead atoms. The van der Waals surface area contributed by atoms with Crippen molar-refractivity contribution in [2.75, 3.05) is 0 Å². The number of unbranched alkanes of at least 4 members (excludes halogenated alkanes) is 3. The van der Waals surface area contributed by atoms with Crippen LogP contribution in [0, 0.1) is 0 Å². The first-order valence-corrected chi connectivity index (χ1v) is 13.4. The summed E-state index contributed by atoms with van der Waals surface area (Å²) < 4.78 is 2.27. The minimum absolute atomic E-state index is 0.0113. The number of allylic oxidation sites excluding steroid dienone is 1. The van der Waals surface area contributed by atoms with Gasteiger partial charge in [-0.1, -0.05) is 81.6 Å². The summed E-state index contributed by atoms with van der Waals surface area (Å²) in [4.78, 5) is 16.2. The predicted octanol–water partition coefficient (Wildman–Crippen LogP) is 8.83. The van der Waals surface area contributed by atoms with Gasteiger partial charge < -0.3 is 9.40 Å². The highest BCUT2D eigenvalue weighted by Crippen LogP contribution is 2.53. The fraction of sp³-hybridized carbons (Fsp3) is 0.333. The third kappa shape index (κ3) is 4.19. The minimum atomic E-state index is -0.425. The molecule has 3 aromatic carbocycles. The second kappa shape index (κ2) is 9.66. The monoisotopic (exact) mass is 492 g/mol. The van der Waals surface area contributed by atoms with E-state index in [-0.39, 0.29) is 5.41 Å². The number of aromatic nitrogens is 1. The molecule has 1 atom stereocenters. The summed E-state index contributed by atoms with van der Waals surface area (Å²) in [6.07, 6.45) is 6.18. The van der Waals surface area contributed by atoms with E-state index >= 15 is 0 Å². The zero-order valence-corrected chi connectivity index (χ0v) is 22.6. The van der Waals surface area contributed by atoms with Crippen LogP contribution in [0.3, 0.4) is 0 Å². The number of nitrogens with zero attached hydrogens (tertiary/aromatic N) is 2. The van der Waals surface area contributed by atoms with Gasteiger partial charge in [-0.15, -0.1) is 0 Å². The van der Waals surface area contributed by atoms with E-state index in [9.17, 15) is 4.79 Å². The highest BCUT2D eigenvalue weighted by atomic mass is 16.7. The zero-order chi connectivity index (χ0) is 26.3. The van der Waals surface area contributed by atoms with Gasteiger partial charge in [-0.2, -0.15) is 0 Å². The summed E-state index contributed by atoms with van der Waals surface area (Å²) in [5, 5.41) is 6.36. The molecule has 0 N–H and O–H groups in total. The first-order valence-electron chi connectivity index (χ1n) is 13.4. The molecular formula is C33H36N2O2. The lowest BCUT2D eigenvalue weighted by Gasteiger charge is -2.28. The van der Waals surface area contributed by atoms with Crippen LogP contribution in [0.15, 0.2) is 66.3 Å². The molecule has 1 heterocycles. The van der Waals surface area contributed by atoms with Crippen LogP contribution < -0.4 is 0 Å². The molecule has 0 spiro atoms. The normalized spacial score (nSPS) is 16.7. The molecule has 1 aliphatic rings. The molecule has 4 nitrogen and oxygen atoms in total. The summed E-state index contributed by atoms with van der Waals surface area (Å²) in [6, 6.07) is 20.0. The third-order valence-electron chi connectivity index (χ3n) is 7.95. The first-order chi connectivity index (χ1) is 17.8. The Balaban J connectivity index is 1.74. The van der Waals surface area contributed by atoms with Crippen LogP contribution in [0.5, 0.6) is 0 Å². The number of rotatable bonds is 8. The summed E-state index contributed by atoms with van der Waals surface area (Å²) in [6.45, 7) is 14.3. The molecule has 5 rings (SSSR count). The summed E-state index contributed by atoms with van der Waals surface area (Å²) >= 11 is 0. The van der Waals surface area contributed by atoms with Crippen molar-refractivity contribution in [2.24, 2.45) is 5.16 Å². The topological polar surface area (TPSA) is 43.6 Å². The van der Waals surface area contributed by atoms with Gasteiger partial charge in [0.15, 0.2) is 0 Å². The molecule has 1 aromatic heterocycles. The number of carbonyl (C=O) groups is 1. The molecule has 190 valence electrons. The van der Waals surface area contributed by atoms with E-state index in [1.165, 1.54) is 65.8 Å². The Kier molecular flexibility index (Phi) is 6.53. The van der Waals surface area contributed by atoms with Crippen molar-refractivity contribution in [3.8, 4) is 11.1 Å². The standard InChI is InChI=1S/C33H36N2O2/c1-7-8-9-12-17-33(6)29-14-11-10-13-25(29)26-19-28-27-18-24(22(4)34-37-23(5)36)15-16-31(27)35(21(2)3)32(28)20-30(26)33/h10-11,13-16,18-20H,2,7-9,12,17H2,1,3-6H3. The van der Waals surface area contributed by atoms with E-state index in [2.05, 4.69) is 85.6 Å². The average molecular weight is 493 g/mol. The Bertz CT molecular complexity index is 1570. The van der Waals surface area contributed by atoms with Crippen LogP contribution in [-0.2, 0) is 15.0 Å². The van der Waals surface area contributed by atoms with E-state index in [0.717, 1.165) is 28.6 Å². The lowest BCUT2D eigenvalue weighted by Crippen LogP contribution is -2.20. The largest absolute Gasteiger partial charge is 0.331 e. The van der Waals surface area contributed by atoms with Crippen molar-refractivity contribution < 1.29 is 9.63 Å². The Morgan fingerprint density at radius 2 is 1.68 bits per heavy atom. The van der Waals surface area contributed by atoms with Crippen molar-refractivity contribution in [3.05, 3.63) is 77.9 Å². The number of fused-ring (bicyclic) bond motifs is 6. The highest BCUT2D eigenvalue weighted by Gasteiger charge is 2.39. The third-order valence-corrected chi connectivity index (χ3v) is 7.95. The van der Waals surface area contributed by atoms with Gasteiger partial charge in [0.1, 0.15) is 0 Å². The second-order valence-electron chi connectivity index (χ2n) is 10.7. The highest BCUT2D eigenvalue weighted by molar-refractivity contribution is 6.14. The Morgan fingerprint density at radius 3 is 2.41 bits per heavy atom. The minimum Gasteiger partial charge on any atom is -0.318 e. The molecule has 0 saturated heterocycles. The van der Waals surface area contributed by atoms with Crippen LogP contribution in [-0.4, -0.2) is 16.2 Å². The van der Waals surface area contributed by atoms with Crippen molar-refractivity contribution in [1.29, 1.82) is 0 Å². The molecule has 0 aliphatic heterocycles. The Morgan fingerprint density at radius 1 is 0.919 bits per heavy atom. The van der Waals surface area contributed by atoms with E-state index < -0.39 is 5.97 Å². The van der Waals surface area contributed by atoms with Crippen molar-refractivity contribution in [3.63, 3.8) is 0 Å². The van der Waals surface area contributed by atoms with Gasteiger partial charge in [0, 0.05) is 28.8 Å². The summed E-state index contributed by atoms with van der Waals surface area (Å²) in [7, 11) is 0. The zero-order valence-electron chi connectivity index (χ0n) is 22.6. The molecular weight excluding hydrogens is 456 g/mol. The lowest BCUT2D eigenvalue weighted by molar-refractivity contribution is -0.140. The summed E-state index contributed by atoms with van der Waals surface area (Å²) in [5.41, 5.74) is 10.4. The molecule has 0 saturated carbocycles. The average Bonchev–Trinajstić information content (AvgIpc) is 3.33. The quantitative estimate of drug-likeness (QED) is 0.107. The number of hydrogen-bond acceptors (Lipinski definition) is 3. The van der Waals surface area contributed by atoms with E-state index in [0.29, 0.717) is 5.71 Å². The first kappa shape index (κ1) is 25.0. The molecule has 0 fully saturated rings. The molecule has 0 radical (unpaired) electrons. The SMILES string of the molecule is C=C(C)n1c2ccc(C(C)=NOC(C)=O)cc2c2cc3c(cc21)C(C)(CCCCCC)c1ccccc1-3. The second-order valence-corrected chi connectivity index (χ2v) is 10.7. The maximum atomic E-state index is 11.3. The van der Waals surface area contributed by atoms with Crippen LogP contribution in [0.4, 0.5) is 0 Å². The van der Waals surface area contributed by atoms with Crippen molar-refractivity contribution in [1.82, 2.24) is 4.57 Å². The van der Waals surface area contributed by atoms with Crippen LogP contribution >= 0.6 is 0 Å². The molecule has 37 heavy (non-hydrogen) atoms. The van der Waals surface area contributed by atoms with Gasteiger partial charge in [0.2, 0.25) is 0 Å².